The van der Waals surface area contributed by atoms with Crippen LogP contribution in [-0.4, -0.2) is 31.3 Å². The lowest BCUT2D eigenvalue weighted by molar-refractivity contribution is 0.317. The highest BCUT2D eigenvalue weighted by atomic mass is 16.5. The zero-order chi connectivity index (χ0) is 19.3. The van der Waals surface area contributed by atoms with E-state index in [1.807, 2.05) is 30.9 Å². The molecule has 28 heavy (non-hydrogen) atoms. The van der Waals surface area contributed by atoms with E-state index in [-0.39, 0.29) is 0 Å². The fourth-order valence-electron chi connectivity index (χ4n) is 4.05. The molecule has 6 nitrogen and oxygen atoms in total. The Bertz CT molecular complexity index is 1190. The number of fused-ring (bicyclic) bond motifs is 2. The summed E-state index contributed by atoms with van der Waals surface area (Å²) in [6.45, 7) is 4.85. The van der Waals surface area contributed by atoms with Gasteiger partial charge in [0, 0.05) is 24.5 Å². The van der Waals surface area contributed by atoms with Crippen LogP contribution >= 0.6 is 0 Å². The Morgan fingerprint density at radius 2 is 2.04 bits per heavy atom. The highest BCUT2D eigenvalue weighted by Gasteiger charge is 2.18. The summed E-state index contributed by atoms with van der Waals surface area (Å²) in [4.78, 5) is 12.7. The maximum Gasteiger partial charge on any atom is 0.178 e. The van der Waals surface area contributed by atoms with Crippen molar-refractivity contribution in [1.29, 1.82) is 0 Å². The smallest absolute Gasteiger partial charge is 0.178 e. The Hall–Kier alpha value is -3.15. The van der Waals surface area contributed by atoms with E-state index in [1.54, 1.807) is 0 Å². The van der Waals surface area contributed by atoms with Gasteiger partial charge in [0.2, 0.25) is 0 Å². The van der Waals surface area contributed by atoms with E-state index in [2.05, 4.69) is 40.2 Å². The monoisotopic (exact) mass is 373 g/mol. The summed E-state index contributed by atoms with van der Waals surface area (Å²) in [5, 5.41) is 4.51. The quantitative estimate of drug-likeness (QED) is 0.567. The van der Waals surface area contributed by atoms with Gasteiger partial charge in [-0.25, -0.2) is 9.97 Å². The molecule has 1 N–H and O–H groups in total. The van der Waals surface area contributed by atoms with Gasteiger partial charge in [0.25, 0.3) is 0 Å². The van der Waals surface area contributed by atoms with Gasteiger partial charge in [-0.05, 0) is 56.4 Å². The highest BCUT2D eigenvalue weighted by Crippen LogP contribution is 2.34. The zero-order valence-electron chi connectivity index (χ0n) is 16.4. The van der Waals surface area contributed by atoms with Crippen LogP contribution in [0.5, 0.6) is 5.75 Å². The van der Waals surface area contributed by atoms with Crippen molar-refractivity contribution in [2.24, 2.45) is 7.05 Å². The minimum absolute atomic E-state index is 0.714. The van der Waals surface area contributed by atoms with Crippen LogP contribution in [-0.2, 0) is 13.5 Å². The summed E-state index contributed by atoms with van der Waals surface area (Å²) in [5.74, 6) is 1.81. The second-order valence-electron chi connectivity index (χ2n) is 7.44. The summed E-state index contributed by atoms with van der Waals surface area (Å²) in [6, 6.07) is 8.54. The third kappa shape index (κ3) is 2.68. The number of hydrogen-bond acceptors (Lipinski definition) is 4. The number of aromatic amines is 1. The molecule has 0 radical (unpaired) electrons. The number of rotatable bonds is 2. The standard InChI is InChI=1S/C22H23N5O/c1-13-19(14(2)27(3)26-13)21-24-20-17(9-10-23-22(20)25-21)16-8-7-15-6-4-5-11-28-18(15)12-16/h7-10,12H,4-6,11H2,1-3H3,(H,23,24,25). The molecule has 1 aliphatic heterocycles. The molecule has 0 amide bonds. The first-order valence-electron chi connectivity index (χ1n) is 9.73. The predicted octanol–water partition coefficient (Wildman–Crippen LogP) is 4.36. The van der Waals surface area contributed by atoms with Crippen LogP contribution in [0.1, 0.15) is 29.8 Å². The molecule has 0 aliphatic carbocycles. The van der Waals surface area contributed by atoms with Crippen molar-refractivity contribution < 1.29 is 4.74 Å². The van der Waals surface area contributed by atoms with Crippen molar-refractivity contribution >= 4 is 11.2 Å². The molecule has 0 fully saturated rings. The Kier molecular flexibility index (Phi) is 3.93. The topological polar surface area (TPSA) is 68.6 Å². The molecule has 6 heteroatoms. The number of pyridine rings is 1. The number of benzene rings is 1. The molecule has 5 rings (SSSR count). The molecule has 1 aromatic carbocycles. The number of aryl methyl sites for hydroxylation is 3. The van der Waals surface area contributed by atoms with Crippen LogP contribution < -0.4 is 4.74 Å². The molecule has 0 saturated heterocycles. The normalized spacial score (nSPS) is 14.0. The molecule has 0 saturated carbocycles. The van der Waals surface area contributed by atoms with Crippen LogP contribution in [0.3, 0.4) is 0 Å². The first-order valence-corrected chi connectivity index (χ1v) is 9.73. The van der Waals surface area contributed by atoms with Crippen molar-refractivity contribution in [2.45, 2.75) is 33.1 Å². The molecular formula is C22H23N5O. The number of hydrogen-bond donors (Lipinski definition) is 1. The summed E-state index contributed by atoms with van der Waals surface area (Å²) in [5.41, 5.74) is 8.21. The van der Waals surface area contributed by atoms with Crippen LogP contribution in [0, 0.1) is 13.8 Å². The second-order valence-corrected chi connectivity index (χ2v) is 7.44. The van der Waals surface area contributed by atoms with Gasteiger partial charge >= 0.3 is 0 Å². The lowest BCUT2D eigenvalue weighted by Gasteiger charge is -2.10. The fourth-order valence-corrected chi connectivity index (χ4v) is 4.05. The van der Waals surface area contributed by atoms with E-state index < -0.39 is 0 Å². The summed E-state index contributed by atoms with van der Waals surface area (Å²) in [7, 11) is 1.95. The average molecular weight is 373 g/mol. The van der Waals surface area contributed by atoms with E-state index in [0.29, 0.717) is 5.65 Å². The first-order chi connectivity index (χ1) is 13.6. The van der Waals surface area contributed by atoms with Crippen LogP contribution in [0.25, 0.3) is 33.7 Å². The van der Waals surface area contributed by atoms with Gasteiger partial charge in [-0.2, -0.15) is 5.10 Å². The fraction of sp³-hybridized carbons (Fsp3) is 0.318. The molecule has 3 aromatic heterocycles. The summed E-state index contributed by atoms with van der Waals surface area (Å²) < 4.78 is 7.86. The van der Waals surface area contributed by atoms with Gasteiger partial charge in [-0.15, -0.1) is 0 Å². The van der Waals surface area contributed by atoms with Gasteiger partial charge in [-0.3, -0.25) is 4.68 Å². The van der Waals surface area contributed by atoms with Gasteiger partial charge in [-0.1, -0.05) is 12.1 Å². The molecule has 0 unspecified atom stereocenters. The number of ether oxygens (including phenoxy) is 1. The molecule has 4 heterocycles. The SMILES string of the molecule is Cc1nn(C)c(C)c1-c1nc2nccc(-c3ccc4c(c3)OCCCC4)c2[nH]1. The Morgan fingerprint density at radius 1 is 1.14 bits per heavy atom. The van der Waals surface area contributed by atoms with Gasteiger partial charge in [0.15, 0.2) is 5.65 Å². The minimum Gasteiger partial charge on any atom is -0.493 e. The van der Waals surface area contributed by atoms with Crippen molar-refractivity contribution in [3.05, 3.63) is 47.4 Å². The maximum atomic E-state index is 5.98. The molecule has 1 aliphatic rings. The van der Waals surface area contributed by atoms with Gasteiger partial charge in [0.1, 0.15) is 11.6 Å². The summed E-state index contributed by atoms with van der Waals surface area (Å²) >= 11 is 0. The number of nitrogens with one attached hydrogen (secondary N) is 1. The van der Waals surface area contributed by atoms with Crippen LogP contribution in [0.15, 0.2) is 30.5 Å². The molecule has 4 aromatic rings. The van der Waals surface area contributed by atoms with Crippen LogP contribution in [0.4, 0.5) is 0 Å². The van der Waals surface area contributed by atoms with Crippen molar-refractivity contribution in [3.8, 4) is 28.3 Å². The molecule has 0 bridgehead atoms. The van der Waals surface area contributed by atoms with Crippen molar-refractivity contribution in [2.75, 3.05) is 6.61 Å². The number of aromatic nitrogens is 5. The average Bonchev–Trinajstić information content (AvgIpc) is 3.11. The summed E-state index contributed by atoms with van der Waals surface area (Å²) in [6.07, 6.45) is 5.18. The van der Waals surface area contributed by atoms with Crippen LogP contribution in [0.2, 0.25) is 0 Å². The van der Waals surface area contributed by atoms with Gasteiger partial charge in [0.05, 0.1) is 23.4 Å². The lowest BCUT2D eigenvalue weighted by Crippen LogP contribution is -1.95. The maximum absolute atomic E-state index is 5.98. The van der Waals surface area contributed by atoms with E-state index in [0.717, 1.165) is 64.6 Å². The molecule has 0 spiro atoms. The second kappa shape index (κ2) is 6.48. The number of imidazole rings is 1. The Morgan fingerprint density at radius 3 is 2.86 bits per heavy atom. The molecule has 142 valence electrons. The van der Waals surface area contributed by atoms with E-state index in [9.17, 15) is 0 Å². The van der Waals surface area contributed by atoms with Crippen molar-refractivity contribution in [1.82, 2.24) is 24.7 Å². The predicted molar refractivity (Wildman–Crippen MR) is 109 cm³/mol. The number of H-pyrrole nitrogens is 1. The van der Waals surface area contributed by atoms with Gasteiger partial charge < -0.3 is 9.72 Å². The minimum atomic E-state index is 0.714. The Balaban J connectivity index is 1.65. The first kappa shape index (κ1) is 17.0. The van der Waals surface area contributed by atoms with E-state index >= 15 is 0 Å². The largest absolute Gasteiger partial charge is 0.493 e. The molecule has 0 atom stereocenters. The number of nitrogens with zero attached hydrogens (tertiary/aromatic N) is 4. The molecular weight excluding hydrogens is 350 g/mol. The van der Waals surface area contributed by atoms with E-state index in [4.69, 9.17) is 9.72 Å². The Labute approximate surface area is 163 Å². The van der Waals surface area contributed by atoms with Crippen molar-refractivity contribution in [3.63, 3.8) is 0 Å². The zero-order valence-corrected chi connectivity index (χ0v) is 16.4. The van der Waals surface area contributed by atoms with E-state index in [1.165, 1.54) is 12.0 Å². The third-order valence-corrected chi connectivity index (χ3v) is 5.61. The lowest BCUT2D eigenvalue weighted by atomic mass is 10.0. The third-order valence-electron chi connectivity index (χ3n) is 5.61. The highest BCUT2D eigenvalue weighted by molar-refractivity contribution is 5.92.